The highest BCUT2D eigenvalue weighted by molar-refractivity contribution is 5.11. The van der Waals surface area contributed by atoms with Gasteiger partial charge in [0.25, 0.3) is 0 Å². The number of hydrogen-bond acceptors (Lipinski definition) is 2. The minimum absolute atomic E-state index is 0.00691. The topological polar surface area (TPSA) is 29.9 Å². The molecular formula is C10H14F3N3. The number of aromatic nitrogens is 2. The van der Waals surface area contributed by atoms with E-state index in [9.17, 15) is 13.2 Å². The van der Waals surface area contributed by atoms with Crippen molar-refractivity contribution in [2.75, 3.05) is 13.6 Å². The molecule has 0 bridgehead atoms. The summed E-state index contributed by atoms with van der Waals surface area (Å²) in [5, 5.41) is 2.90. The second-order valence-corrected chi connectivity index (χ2v) is 4.05. The van der Waals surface area contributed by atoms with Crippen molar-refractivity contribution in [3.8, 4) is 0 Å². The molecule has 0 saturated heterocycles. The molecule has 1 fully saturated rings. The van der Waals surface area contributed by atoms with Gasteiger partial charge in [-0.25, -0.2) is 4.98 Å². The van der Waals surface area contributed by atoms with Crippen molar-refractivity contribution in [3.05, 3.63) is 17.7 Å². The van der Waals surface area contributed by atoms with Crippen LogP contribution in [0.1, 0.15) is 30.4 Å². The van der Waals surface area contributed by atoms with Crippen LogP contribution in [0, 0.1) is 0 Å². The normalized spacial score (nSPS) is 16.8. The summed E-state index contributed by atoms with van der Waals surface area (Å²) in [5.74, 6) is -0.749. The van der Waals surface area contributed by atoms with Gasteiger partial charge in [-0.3, -0.25) is 0 Å². The number of rotatable bonds is 4. The number of imidazole rings is 1. The summed E-state index contributed by atoms with van der Waals surface area (Å²) in [4.78, 5) is 3.68. The Morgan fingerprint density at radius 1 is 1.50 bits per heavy atom. The number of halogens is 3. The van der Waals surface area contributed by atoms with Gasteiger partial charge in [-0.2, -0.15) is 13.2 Å². The molecular weight excluding hydrogens is 219 g/mol. The van der Waals surface area contributed by atoms with Crippen molar-refractivity contribution in [1.29, 1.82) is 0 Å². The molecule has 0 radical (unpaired) electrons. The number of alkyl halides is 3. The fraction of sp³-hybridized carbons (Fsp3) is 0.700. The van der Waals surface area contributed by atoms with Crippen LogP contribution < -0.4 is 5.32 Å². The minimum atomic E-state index is -4.35. The quantitative estimate of drug-likeness (QED) is 0.862. The van der Waals surface area contributed by atoms with Crippen LogP contribution in [0.3, 0.4) is 0 Å². The highest BCUT2D eigenvalue weighted by atomic mass is 19.4. The maximum atomic E-state index is 12.7. The number of nitrogens with zero attached hydrogens (tertiary/aromatic N) is 2. The van der Waals surface area contributed by atoms with Crippen LogP contribution in [-0.2, 0) is 12.6 Å². The average Bonchev–Trinajstić information content (AvgIpc) is 2.94. The first-order chi connectivity index (χ1) is 7.52. The first-order valence-corrected chi connectivity index (χ1v) is 5.32. The Hall–Kier alpha value is -1.04. The molecule has 90 valence electrons. The van der Waals surface area contributed by atoms with Gasteiger partial charge in [-0.1, -0.05) is 0 Å². The fourth-order valence-electron chi connectivity index (χ4n) is 1.66. The molecule has 1 aromatic rings. The third-order valence-electron chi connectivity index (χ3n) is 2.61. The van der Waals surface area contributed by atoms with E-state index in [1.807, 2.05) is 0 Å². The monoisotopic (exact) mass is 233 g/mol. The number of nitrogens with one attached hydrogen (secondary N) is 1. The summed E-state index contributed by atoms with van der Waals surface area (Å²) >= 11 is 0. The standard InChI is InChI=1S/C10H14F3N3/c1-14-5-4-7-6-16(8-2-3-8)9(15-7)10(11,12)13/h6,8,14H,2-5H2,1H3. The van der Waals surface area contributed by atoms with Crippen molar-refractivity contribution in [1.82, 2.24) is 14.9 Å². The van der Waals surface area contributed by atoms with E-state index in [0.29, 0.717) is 18.7 Å². The molecule has 1 aromatic heterocycles. The minimum Gasteiger partial charge on any atom is -0.324 e. The zero-order valence-corrected chi connectivity index (χ0v) is 9.01. The van der Waals surface area contributed by atoms with Crippen LogP contribution in [0.25, 0.3) is 0 Å². The predicted octanol–water partition coefficient (Wildman–Crippen LogP) is 2.00. The largest absolute Gasteiger partial charge is 0.449 e. The summed E-state index contributed by atoms with van der Waals surface area (Å²) in [6.07, 6.45) is -0.632. The van der Waals surface area contributed by atoms with E-state index in [1.54, 1.807) is 7.05 Å². The SMILES string of the molecule is CNCCc1cn(C2CC2)c(C(F)(F)F)n1. The van der Waals surface area contributed by atoms with Crippen molar-refractivity contribution < 1.29 is 13.2 Å². The predicted molar refractivity (Wildman–Crippen MR) is 53.1 cm³/mol. The van der Waals surface area contributed by atoms with Gasteiger partial charge in [-0.05, 0) is 19.9 Å². The van der Waals surface area contributed by atoms with E-state index in [-0.39, 0.29) is 6.04 Å². The van der Waals surface area contributed by atoms with Gasteiger partial charge in [-0.15, -0.1) is 0 Å². The molecule has 0 aliphatic heterocycles. The van der Waals surface area contributed by atoms with Crippen LogP contribution in [0.4, 0.5) is 13.2 Å². The van der Waals surface area contributed by atoms with E-state index in [4.69, 9.17) is 0 Å². The Morgan fingerprint density at radius 3 is 2.69 bits per heavy atom. The highest BCUT2D eigenvalue weighted by Crippen LogP contribution is 2.40. The Balaban J connectivity index is 2.23. The maximum absolute atomic E-state index is 12.7. The second kappa shape index (κ2) is 4.08. The van der Waals surface area contributed by atoms with E-state index in [0.717, 1.165) is 12.8 Å². The van der Waals surface area contributed by atoms with Gasteiger partial charge in [0.1, 0.15) is 0 Å². The van der Waals surface area contributed by atoms with E-state index >= 15 is 0 Å². The van der Waals surface area contributed by atoms with Gasteiger partial charge in [0, 0.05) is 25.2 Å². The van der Waals surface area contributed by atoms with Gasteiger partial charge in [0.2, 0.25) is 5.82 Å². The molecule has 1 N–H and O–H groups in total. The van der Waals surface area contributed by atoms with Crippen LogP contribution in [0.15, 0.2) is 6.20 Å². The van der Waals surface area contributed by atoms with Gasteiger partial charge < -0.3 is 9.88 Å². The van der Waals surface area contributed by atoms with Crippen molar-refractivity contribution >= 4 is 0 Å². The number of likely N-dealkylation sites (N-methyl/N-ethyl adjacent to an activating group) is 1. The van der Waals surface area contributed by atoms with Gasteiger partial charge >= 0.3 is 6.18 Å². The Kier molecular flexibility index (Phi) is 2.92. The molecule has 1 saturated carbocycles. The molecule has 2 rings (SSSR count). The molecule has 1 aliphatic rings. The van der Waals surface area contributed by atoms with Crippen LogP contribution in [0.2, 0.25) is 0 Å². The third-order valence-corrected chi connectivity index (χ3v) is 2.61. The Morgan fingerprint density at radius 2 is 2.19 bits per heavy atom. The lowest BCUT2D eigenvalue weighted by Gasteiger charge is -2.08. The summed E-state index contributed by atoms with van der Waals surface area (Å²) in [6.45, 7) is 0.638. The van der Waals surface area contributed by atoms with Crippen LogP contribution in [-0.4, -0.2) is 23.1 Å². The smallest absolute Gasteiger partial charge is 0.324 e. The number of hydrogen-bond donors (Lipinski definition) is 1. The summed E-state index contributed by atoms with van der Waals surface area (Å²) < 4.78 is 39.3. The van der Waals surface area contributed by atoms with E-state index in [1.165, 1.54) is 10.8 Å². The lowest BCUT2D eigenvalue weighted by Crippen LogP contribution is -2.14. The van der Waals surface area contributed by atoms with Crippen molar-refractivity contribution in [3.63, 3.8) is 0 Å². The van der Waals surface area contributed by atoms with E-state index < -0.39 is 12.0 Å². The summed E-state index contributed by atoms with van der Waals surface area (Å²) in [7, 11) is 1.77. The molecule has 1 aliphatic carbocycles. The molecule has 0 atom stereocenters. The fourth-order valence-corrected chi connectivity index (χ4v) is 1.66. The lowest BCUT2D eigenvalue weighted by molar-refractivity contribution is -0.147. The van der Waals surface area contributed by atoms with Gasteiger partial charge in [0.05, 0.1) is 5.69 Å². The van der Waals surface area contributed by atoms with Crippen LogP contribution >= 0.6 is 0 Å². The first-order valence-electron chi connectivity index (χ1n) is 5.32. The third kappa shape index (κ3) is 2.37. The Bertz CT molecular complexity index is 366. The molecule has 0 aromatic carbocycles. The molecule has 6 heteroatoms. The zero-order valence-electron chi connectivity index (χ0n) is 9.01. The summed E-state index contributed by atoms with van der Waals surface area (Å²) in [5.41, 5.74) is 0.508. The van der Waals surface area contributed by atoms with E-state index in [2.05, 4.69) is 10.3 Å². The summed E-state index contributed by atoms with van der Waals surface area (Å²) in [6, 6.07) is 0.00691. The maximum Gasteiger partial charge on any atom is 0.449 e. The molecule has 0 unspecified atom stereocenters. The zero-order chi connectivity index (χ0) is 11.8. The highest BCUT2D eigenvalue weighted by Gasteiger charge is 2.40. The molecule has 16 heavy (non-hydrogen) atoms. The van der Waals surface area contributed by atoms with Crippen LogP contribution in [0.5, 0.6) is 0 Å². The lowest BCUT2D eigenvalue weighted by atomic mass is 10.3. The Labute approximate surface area is 91.7 Å². The molecule has 3 nitrogen and oxygen atoms in total. The van der Waals surface area contributed by atoms with Crippen molar-refractivity contribution in [2.45, 2.75) is 31.5 Å². The van der Waals surface area contributed by atoms with Gasteiger partial charge in [0.15, 0.2) is 0 Å². The molecule has 1 heterocycles. The average molecular weight is 233 g/mol. The first kappa shape index (κ1) is 11.4. The second-order valence-electron chi connectivity index (χ2n) is 4.05. The molecule has 0 amide bonds. The van der Waals surface area contributed by atoms with Crippen molar-refractivity contribution in [2.24, 2.45) is 0 Å². The molecule has 0 spiro atoms.